The van der Waals surface area contributed by atoms with E-state index in [2.05, 4.69) is 5.32 Å². The van der Waals surface area contributed by atoms with Crippen molar-refractivity contribution in [1.29, 1.82) is 5.26 Å². The molecule has 0 unspecified atom stereocenters. The van der Waals surface area contributed by atoms with Crippen molar-refractivity contribution < 1.29 is 9.13 Å². The van der Waals surface area contributed by atoms with Crippen LogP contribution in [0.25, 0.3) is 16.9 Å². The van der Waals surface area contributed by atoms with Gasteiger partial charge < -0.3 is 15.8 Å². The number of methoxy groups -OCH3 is 1. The summed E-state index contributed by atoms with van der Waals surface area (Å²) in [5, 5.41) is 17.2. The van der Waals surface area contributed by atoms with E-state index in [9.17, 15) is 4.39 Å². The second kappa shape index (κ2) is 9.19. The van der Waals surface area contributed by atoms with Crippen LogP contribution in [0.4, 0.5) is 10.2 Å². The number of nitriles is 1. The molecule has 1 fully saturated rings. The molecule has 0 radical (unpaired) electrons. The summed E-state index contributed by atoms with van der Waals surface area (Å²) in [5.41, 5.74) is 8.35. The van der Waals surface area contributed by atoms with Crippen LogP contribution in [0.1, 0.15) is 31.2 Å². The molecule has 160 valence electrons. The normalized spacial score (nSPS) is 18.4. The first-order chi connectivity index (χ1) is 15.1. The van der Waals surface area contributed by atoms with E-state index in [0.717, 1.165) is 55.2 Å². The van der Waals surface area contributed by atoms with Crippen molar-refractivity contribution in [3.05, 3.63) is 59.9 Å². The highest BCUT2D eigenvalue weighted by Crippen LogP contribution is 2.29. The molecule has 0 aliphatic heterocycles. The summed E-state index contributed by atoms with van der Waals surface area (Å²) in [7, 11) is 1.62. The number of nitrogens with one attached hydrogen (secondary N) is 1. The average molecular weight is 420 g/mol. The first-order valence-electron chi connectivity index (χ1n) is 10.5. The minimum Gasteiger partial charge on any atom is -0.497 e. The number of hydrogen-bond acceptors (Lipinski definition) is 5. The molecule has 0 amide bonds. The first kappa shape index (κ1) is 20.9. The van der Waals surface area contributed by atoms with Gasteiger partial charge in [-0.3, -0.25) is 0 Å². The molecule has 1 saturated carbocycles. The Morgan fingerprint density at radius 1 is 1.23 bits per heavy atom. The lowest BCUT2D eigenvalue weighted by molar-refractivity contribution is 0.335. The van der Waals surface area contributed by atoms with Gasteiger partial charge in [0.2, 0.25) is 0 Å². The fraction of sp³-hybridized carbons (Fsp3) is 0.333. The van der Waals surface area contributed by atoms with Crippen LogP contribution in [0.2, 0.25) is 0 Å². The summed E-state index contributed by atoms with van der Waals surface area (Å²) in [6, 6.07) is 16.2. The summed E-state index contributed by atoms with van der Waals surface area (Å²) in [6.07, 6.45) is 4.42. The van der Waals surface area contributed by atoms with Crippen molar-refractivity contribution in [1.82, 2.24) is 9.78 Å². The van der Waals surface area contributed by atoms with Crippen molar-refractivity contribution >= 4 is 5.82 Å². The van der Waals surface area contributed by atoms with E-state index >= 15 is 0 Å². The van der Waals surface area contributed by atoms with Gasteiger partial charge >= 0.3 is 0 Å². The molecular formula is C24H26FN5O. The minimum atomic E-state index is -0.548. The molecule has 0 spiro atoms. The smallest absolute Gasteiger partial charge is 0.149 e. The number of anilines is 1. The van der Waals surface area contributed by atoms with Crippen molar-refractivity contribution in [3.8, 4) is 28.8 Å². The van der Waals surface area contributed by atoms with E-state index in [1.807, 2.05) is 36.4 Å². The Labute approximate surface area is 181 Å². The van der Waals surface area contributed by atoms with E-state index in [1.54, 1.807) is 17.9 Å². The molecule has 31 heavy (non-hydrogen) atoms. The molecule has 7 heteroatoms. The van der Waals surface area contributed by atoms with E-state index in [4.69, 9.17) is 20.8 Å². The van der Waals surface area contributed by atoms with Crippen LogP contribution in [0.3, 0.4) is 0 Å². The zero-order valence-corrected chi connectivity index (χ0v) is 17.5. The predicted octanol–water partition coefficient (Wildman–Crippen LogP) is 4.49. The molecule has 1 aromatic heterocycles. The average Bonchev–Trinajstić information content (AvgIpc) is 3.22. The lowest BCUT2D eigenvalue weighted by Crippen LogP contribution is -2.31. The fourth-order valence-electron chi connectivity index (χ4n) is 4.13. The molecule has 4 rings (SSSR count). The highest BCUT2D eigenvalue weighted by Gasteiger charge is 2.20. The predicted molar refractivity (Wildman–Crippen MR) is 119 cm³/mol. The summed E-state index contributed by atoms with van der Waals surface area (Å²) < 4.78 is 21.3. The Morgan fingerprint density at radius 2 is 2.03 bits per heavy atom. The van der Waals surface area contributed by atoms with Crippen molar-refractivity contribution in [3.63, 3.8) is 0 Å². The second-order valence-corrected chi connectivity index (χ2v) is 8.00. The largest absolute Gasteiger partial charge is 0.497 e. The molecule has 1 aliphatic carbocycles. The minimum absolute atomic E-state index is 0.0197. The number of nitrogens with two attached hydrogens (primary N) is 1. The highest BCUT2D eigenvalue weighted by atomic mass is 19.1. The molecule has 0 bridgehead atoms. The lowest BCUT2D eigenvalue weighted by Gasteiger charge is -2.26. The number of aromatic nitrogens is 2. The van der Waals surface area contributed by atoms with Gasteiger partial charge in [0.15, 0.2) is 0 Å². The maximum absolute atomic E-state index is 14.3. The number of hydrogen-bond donors (Lipinski definition) is 2. The zero-order chi connectivity index (χ0) is 21.8. The van der Waals surface area contributed by atoms with Crippen LogP contribution in [-0.2, 0) is 0 Å². The SMILES string of the molecule is COc1ccc(-n2nc(NC[C@H]3CCC[C@H](N)C3)cc2-c2ccc(C#N)c(F)c2)cc1. The number of benzene rings is 2. The third kappa shape index (κ3) is 4.70. The molecule has 3 N–H and O–H groups in total. The summed E-state index contributed by atoms with van der Waals surface area (Å²) in [5.74, 6) is 1.43. The summed E-state index contributed by atoms with van der Waals surface area (Å²) in [6.45, 7) is 0.800. The Hall–Kier alpha value is -3.37. The summed E-state index contributed by atoms with van der Waals surface area (Å²) >= 11 is 0. The zero-order valence-electron chi connectivity index (χ0n) is 17.5. The van der Waals surface area contributed by atoms with Crippen LogP contribution in [-0.4, -0.2) is 29.5 Å². The van der Waals surface area contributed by atoms with Crippen molar-refractivity contribution in [2.45, 2.75) is 31.7 Å². The Morgan fingerprint density at radius 3 is 2.71 bits per heavy atom. The third-order valence-electron chi connectivity index (χ3n) is 5.81. The van der Waals surface area contributed by atoms with Gasteiger partial charge in [0.25, 0.3) is 0 Å². The molecule has 1 heterocycles. The molecule has 3 aromatic rings. The molecular weight excluding hydrogens is 393 g/mol. The number of rotatable bonds is 6. The van der Waals surface area contributed by atoms with Gasteiger partial charge in [-0.1, -0.05) is 12.5 Å². The first-order valence-corrected chi connectivity index (χ1v) is 10.5. The Bertz CT molecular complexity index is 1090. The summed E-state index contributed by atoms with van der Waals surface area (Å²) in [4.78, 5) is 0. The van der Waals surface area contributed by atoms with Gasteiger partial charge in [0, 0.05) is 24.2 Å². The Balaban J connectivity index is 1.66. The van der Waals surface area contributed by atoms with E-state index in [-0.39, 0.29) is 11.6 Å². The Kier molecular flexibility index (Phi) is 6.19. The van der Waals surface area contributed by atoms with Gasteiger partial charge in [0.05, 0.1) is 24.1 Å². The van der Waals surface area contributed by atoms with Gasteiger partial charge in [-0.05, 0) is 61.6 Å². The quantitative estimate of drug-likeness (QED) is 0.615. The van der Waals surface area contributed by atoms with Gasteiger partial charge in [-0.2, -0.15) is 5.26 Å². The van der Waals surface area contributed by atoms with Crippen molar-refractivity contribution in [2.24, 2.45) is 11.7 Å². The lowest BCUT2D eigenvalue weighted by atomic mass is 9.86. The molecule has 6 nitrogen and oxygen atoms in total. The van der Waals surface area contributed by atoms with Gasteiger partial charge in [-0.15, -0.1) is 5.10 Å². The van der Waals surface area contributed by atoms with E-state index < -0.39 is 5.82 Å². The fourth-order valence-corrected chi connectivity index (χ4v) is 4.13. The van der Waals surface area contributed by atoms with Crippen LogP contribution in [0.15, 0.2) is 48.5 Å². The van der Waals surface area contributed by atoms with Gasteiger partial charge in [0.1, 0.15) is 23.5 Å². The standard InChI is InChI=1S/C24H26FN5O/c1-31-21-9-7-20(8-10-21)30-23(17-5-6-18(14-26)22(25)12-17)13-24(29-30)28-15-16-3-2-4-19(27)11-16/h5-10,12-13,16,19H,2-4,11,15,27H2,1H3,(H,28,29)/t16-,19-/m0/s1. The van der Waals surface area contributed by atoms with Crippen molar-refractivity contribution in [2.75, 3.05) is 19.0 Å². The van der Waals surface area contributed by atoms with Crippen LogP contribution in [0.5, 0.6) is 5.75 Å². The maximum atomic E-state index is 14.3. The van der Waals surface area contributed by atoms with Crippen LogP contribution >= 0.6 is 0 Å². The monoisotopic (exact) mass is 419 g/mol. The van der Waals surface area contributed by atoms with Crippen LogP contribution in [0, 0.1) is 23.1 Å². The van der Waals surface area contributed by atoms with Crippen LogP contribution < -0.4 is 15.8 Å². The topological polar surface area (TPSA) is 88.9 Å². The highest BCUT2D eigenvalue weighted by molar-refractivity contribution is 5.67. The van der Waals surface area contributed by atoms with E-state index in [1.165, 1.54) is 12.1 Å². The maximum Gasteiger partial charge on any atom is 0.149 e. The van der Waals surface area contributed by atoms with E-state index in [0.29, 0.717) is 11.5 Å². The second-order valence-electron chi connectivity index (χ2n) is 8.00. The molecule has 1 aliphatic rings. The number of halogens is 1. The van der Waals surface area contributed by atoms with Gasteiger partial charge in [-0.25, -0.2) is 9.07 Å². The molecule has 2 aromatic carbocycles. The third-order valence-corrected chi connectivity index (χ3v) is 5.81. The molecule has 0 saturated heterocycles. The number of ether oxygens (including phenoxy) is 1. The molecule has 2 atom stereocenters. The number of nitrogens with zero attached hydrogens (tertiary/aromatic N) is 3.